The topological polar surface area (TPSA) is 9.23 Å². The second-order valence-corrected chi connectivity index (χ2v) is 13.7. The Bertz CT molecular complexity index is 2950. The molecular formula is C50H30O. The Hall–Kier alpha value is -6.70. The number of benzene rings is 10. The van der Waals surface area contributed by atoms with Crippen molar-refractivity contribution in [3.63, 3.8) is 0 Å². The largest absolute Gasteiger partial charge is 0.456 e. The molecular weight excluding hydrogens is 617 g/mol. The Morgan fingerprint density at radius 3 is 1.65 bits per heavy atom. The molecule has 0 spiro atoms. The Balaban J connectivity index is 1.10. The third-order valence-corrected chi connectivity index (χ3v) is 10.7. The van der Waals surface area contributed by atoms with Crippen molar-refractivity contribution >= 4 is 43.1 Å². The van der Waals surface area contributed by atoms with Crippen molar-refractivity contribution in [2.45, 2.75) is 0 Å². The van der Waals surface area contributed by atoms with Crippen LogP contribution in [0.4, 0.5) is 0 Å². The molecule has 0 saturated carbocycles. The summed E-state index contributed by atoms with van der Waals surface area (Å²) in [5.74, 6) is 1.81. The Morgan fingerprint density at radius 2 is 0.863 bits per heavy atom. The normalized spacial score (nSPS) is 12.1. The molecule has 1 aliphatic heterocycles. The van der Waals surface area contributed by atoms with Gasteiger partial charge in [-0.05, 0) is 136 Å². The van der Waals surface area contributed by atoms with Crippen LogP contribution in [0.5, 0.6) is 11.5 Å². The molecule has 0 radical (unpaired) electrons. The van der Waals surface area contributed by atoms with Crippen molar-refractivity contribution in [1.82, 2.24) is 0 Å². The number of rotatable bonds is 4. The molecule has 1 nitrogen and oxygen atoms in total. The molecule has 0 atom stereocenters. The van der Waals surface area contributed by atoms with Crippen LogP contribution < -0.4 is 4.74 Å². The first-order chi connectivity index (χ1) is 25.2. The fourth-order valence-electron chi connectivity index (χ4n) is 8.36. The first-order valence-electron chi connectivity index (χ1n) is 17.6. The highest BCUT2D eigenvalue weighted by Gasteiger charge is 2.21. The predicted octanol–water partition coefficient (Wildman–Crippen LogP) is 14.2. The van der Waals surface area contributed by atoms with Gasteiger partial charge >= 0.3 is 0 Å². The van der Waals surface area contributed by atoms with Gasteiger partial charge in [0, 0.05) is 10.9 Å². The van der Waals surface area contributed by atoms with Gasteiger partial charge < -0.3 is 4.74 Å². The van der Waals surface area contributed by atoms with E-state index in [0.29, 0.717) is 0 Å². The maximum Gasteiger partial charge on any atom is 0.135 e. The van der Waals surface area contributed by atoms with Gasteiger partial charge in [0.15, 0.2) is 0 Å². The number of ether oxygens (including phenoxy) is 1. The third-order valence-electron chi connectivity index (χ3n) is 10.7. The minimum atomic E-state index is 0.895. The SMILES string of the molecule is c1ccc(-c2cc(-c3ccc4c(c3)-c3cccc5cccc(c35)O4)cc(-c3cc4ccc5ccc(-c6ccccc6)c6ccc(c3)c4c56)c2)cc1. The highest BCUT2D eigenvalue weighted by molar-refractivity contribution is 6.26. The van der Waals surface area contributed by atoms with Crippen molar-refractivity contribution in [3.8, 4) is 67.1 Å². The summed E-state index contributed by atoms with van der Waals surface area (Å²) < 4.78 is 6.45. The summed E-state index contributed by atoms with van der Waals surface area (Å²) in [6, 6.07) is 66.4. The van der Waals surface area contributed by atoms with Gasteiger partial charge in [-0.1, -0.05) is 133 Å². The molecule has 10 aromatic carbocycles. The predicted molar refractivity (Wildman–Crippen MR) is 215 cm³/mol. The minimum Gasteiger partial charge on any atom is -0.456 e. The molecule has 0 aliphatic carbocycles. The Kier molecular flexibility index (Phi) is 6.02. The van der Waals surface area contributed by atoms with E-state index in [-0.39, 0.29) is 0 Å². The molecule has 0 bridgehead atoms. The lowest BCUT2D eigenvalue weighted by molar-refractivity contribution is 0.487. The zero-order valence-corrected chi connectivity index (χ0v) is 27.7. The summed E-state index contributed by atoms with van der Waals surface area (Å²) in [4.78, 5) is 0. The van der Waals surface area contributed by atoms with Crippen LogP contribution in [0.2, 0.25) is 0 Å². The molecule has 0 aromatic heterocycles. The van der Waals surface area contributed by atoms with Gasteiger partial charge in [0.05, 0.1) is 0 Å². The van der Waals surface area contributed by atoms with E-state index in [2.05, 4.69) is 182 Å². The molecule has 0 fully saturated rings. The zero-order chi connectivity index (χ0) is 33.5. The lowest BCUT2D eigenvalue weighted by Gasteiger charge is -2.22. The van der Waals surface area contributed by atoms with Crippen LogP contribution in [0.3, 0.4) is 0 Å². The molecule has 236 valence electrons. The molecule has 51 heavy (non-hydrogen) atoms. The quantitative estimate of drug-likeness (QED) is 0.173. The van der Waals surface area contributed by atoms with Crippen molar-refractivity contribution in [1.29, 1.82) is 0 Å². The summed E-state index contributed by atoms with van der Waals surface area (Å²) in [6.07, 6.45) is 0. The summed E-state index contributed by atoms with van der Waals surface area (Å²) >= 11 is 0. The van der Waals surface area contributed by atoms with Crippen LogP contribution in [-0.4, -0.2) is 0 Å². The monoisotopic (exact) mass is 646 g/mol. The van der Waals surface area contributed by atoms with Gasteiger partial charge in [-0.15, -0.1) is 0 Å². The van der Waals surface area contributed by atoms with Crippen LogP contribution in [0.25, 0.3) is 98.7 Å². The van der Waals surface area contributed by atoms with Crippen molar-refractivity contribution in [3.05, 3.63) is 182 Å². The first-order valence-corrected chi connectivity index (χ1v) is 17.6. The number of hydrogen-bond donors (Lipinski definition) is 0. The Labute approximate surface area is 296 Å². The minimum absolute atomic E-state index is 0.895. The van der Waals surface area contributed by atoms with Crippen molar-refractivity contribution in [2.24, 2.45) is 0 Å². The van der Waals surface area contributed by atoms with E-state index < -0.39 is 0 Å². The smallest absolute Gasteiger partial charge is 0.135 e. The molecule has 1 heteroatoms. The highest BCUT2D eigenvalue weighted by atomic mass is 16.5. The van der Waals surface area contributed by atoms with E-state index >= 15 is 0 Å². The molecule has 0 amide bonds. The molecule has 0 N–H and O–H groups in total. The van der Waals surface area contributed by atoms with Crippen molar-refractivity contribution in [2.75, 3.05) is 0 Å². The maximum absolute atomic E-state index is 6.45. The van der Waals surface area contributed by atoms with E-state index in [1.807, 2.05) is 0 Å². The van der Waals surface area contributed by atoms with E-state index in [9.17, 15) is 0 Å². The lowest BCUT2D eigenvalue weighted by Crippen LogP contribution is -1.97. The average Bonchev–Trinajstić information content (AvgIpc) is 3.20. The molecule has 10 aromatic rings. The number of hydrogen-bond acceptors (Lipinski definition) is 1. The van der Waals surface area contributed by atoms with Crippen LogP contribution in [-0.2, 0) is 0 Å². The van der Waals surface area contributed by atoms with Gasteiger partial charge in [0.25, 0.3) is 0 Å². The number of fused-ring (bicyclic) bond motifs is 2. The fraction of sp³-hybridized carbons (Fsp3) is 0. The van der Waals surface area contributed by atoms with Gasteiger partial charge in [-0.3, -0.25) is 0 Å². The van der Waals surface area contributed by atoms with Crippen LogP contribution in [0.15, 0.2) is 182 Å². The molecule has 1 heterocycles. The van der Waals surface area contributed by atoms with Crippen LogP contribution >= 0.6 is 0 Å². The van der Waals surface area contributed by atoms with Gasteiger partial charge in [-0.25, -0.2) is 0 Å². The third kappa shape index (κ3) is 4.42. The van der Waals surface area contributed by atoms with Gasteiger partial charge in [0.2, 0.25) is 0 Å². The molecule has 0 saturated heterocycles. The summed E-state index contributed by atoms with van der Waals surface area (Å²) in [7, 11) is 0. The first kappa shape index (κ1) is 28.2. The zero-order valence-electron chi connectivity index (χ0n) is 27.7. The molecule has 0 unspecified atom stereocenters. The fourth-order valence-corrected chi connectivity index (χ4v) is 8.36. The van der Waals surface area contributed by atoms with Crippen molar-refractivity contribution < 1.29 is 4.74 Å². The van der Waals surface area contributed by atoms with Gasteiger partial charge in [-0.2, -0.15) is 0 Å². The summed E-state index contributed by atoms with van der Waals surface area (Å²) in [6.45, 7) is 0. The maximum atomic E-state index is 6.45. The highest BCUT2D eigenvalue weighted by Crippen LogP contribution is 2.48. The van der Waals surface area contributed by atoms with Crippen LogP contribution in [0.1, 0.15) is 0 Å². The Morgan fingerprint density at radius 1 is 0.255 bits per heavy atom. The van der Waals surface area contributed by atoms with E-state index in [1.54, 1.807) is 0 Å². The molecule has 1 aliphatic rings. The standard InChI is InChI=1S/C50H30O/c1-3-9-31(10-4-1)38-27-39(35-21-24-46-45(30-35)43-15-7-13-33-14-8-16-47(51-46)49(33)43)29-41(28-38)40-25-36-18-17-34-19-22-42(32-11-5-2-6-12-32)44-23-20-37(26-40)48(36)50(34)44/h1-30H. The second-order valence-electron chi connectivity index (χ2n) is 13.7. The van der Waals surface area contributed by atoms with Crippen LogP contribution in [0, 0.1) is 0 Å². The summed E-state index contributed by atoms with van der Waals surface area (Å²) in [5, 5.41) is 10.1. The molecule has 11 rings (SSSR count). The van der Waals surface area contributed by atoms with E-state index in [0.717, 1.165) is 17.1 Å². The van der Waals surface area contributed by atoms with E-state index in [4.69, 9.17) is 4.74 Å². The second kappa shape index (κ2) is 10.9. The summed E-state index contributed by atoms with van der Waals surface area (Å²) in [5.41, 5.74) is 12.0. The lowest BCUT2D eigenvalue weighted by atomic mass is 9.87. The van der Waals surface area contributed by atoms with Gasteiger partial charge in [0.1, 0.15) is 11.5 Å². The average molecular weight is 647 g/mol. The van der Waals surface area contributed by atoms with E-state index in [1.165, 1.54) is 93.2 Å².